The Kier molecular flexibility index (Phi) is 2.21. The minimum atomic E-state index is 0.221. The predicted octanol–water partition coefficient (Wildman–Crippen LogP) is 2.59. The lowest BCUT2D eigenvalue weighted by atomic mass is 10.2. The first-order chi connectivity index (χ1) is 6.74. The molecule has 0 radical (unpaired) electrons. The van der Waals surface area contributed by atoms with Gasteiger partial charge in [-0.05, 0) is 18.4 Å². The number of phenolic OH excluding ortho intramolecular Hbond substituents is 1. The molecule has 3 nitrogen and oxygen atoms in total. The molecule has 14 heavy (non-hydrogen) atoms. The molecular weight excluding hydrogens is 198 g/mol. The van der Waals surface area contributed by atoms with Crippen LogP contribution in [0.25, 0.3) is 10.1 Å². The molecule has 2 rings (SSSR count). The Hall–Kier alpha value is -1.42. The zero-order valence-corrected chi connectivity index (χ0v) is 8.60. The van der Waals surface area contributed by atoms with Crippen molar-refractivity contribution in [3.8, 4) is 11.5 Å². The van der Waals surface area contributed by atoms with Crippen LogP contribution in [-0.2, 0) is 0 Å². The van der Waals surface area contributed by atoms with E-state index in [1.807, 2.05) is 18.4 Å². The summed E-state index contributed by atoms with van der Waals surface area (Å²) in [6, 6.07) is 3.41. The summed E-state index contributed by atoms with van der Waals surface area (Å²) in [5.41, 5.74) is 6.50. The number of hydrogen-bond donors (Lipinski definition) is 2. The number of nitrogen functional groups attached to an aromatic ring is 1. The molecule has 0 bridgehead atoms. The first kappa shape index (κ1) is 9.15. The minimum Gasteiger partial charge on any atom is -0.507 e. The number of ether oxygens (including phenoxy) is 1. The topological polar surface area (TPSA) is 55.5 Å². The van der Waals surface area contributed by atoms with E-state index in [-0.39, 0.29) is 5.75 Å². The zero-order chi connectivity index (χ0) is 10.1. The third kappa shape index (κ3) is 1.28. The second kappa shape index (κ2) is 3.38. The van der Waals surface area contributed by atoms with Gasteiger partial charge in [-0.3, -0.25) is 0 Å². The number of anilines is 1. The summed E-state index contributed by atoms with van der Waals surface area (Å²) in [6.07, 6.45) is 0. The fourth-order valence-corrected chi connectivity index (χ4v) is 2.25. The van der Waals surface area contributed by atoms with Crippen LogP contribution in [0.15, 0.2) is 17.5 Å². The van der Waals surface area contributed by atoms with Gasteiger partial charge in [0.25, 0.3) is 0 Å². The van der Waals surface area contributed by atoms with Crippen LogP contribution in [0.5, 0.6) is 11.5 Å². The molecule has 4 heteroatoms. The van der Waals surface area contributed by atoms with Crippen LogP contribution in [0, 0.1) is 0 Å². The first-order valence-electron chi connectivity index (χ1n) is 4.35. The largest absolute Gasteiger partial charge is 0.507 e. The highest BCUT2D eigenvalue weighted by atomic mass is 32.1. The number of thiophene rings is 1. The van der Waals surface area contributed by atoms with Crippen molar-refractivity contribution < 1.29 is 9.84 Å². The standard InChI is InChI=1S/C10H11NO2S/c1-2-13-8-5-7(12)6-3-4-14-10(6)9(8)11/h3-5,12H,2,11H2,1H3. The Balaban J connectivity index is 2.68. The van der Waals surface area contributed by atoms with Crippen molar-refractivity contribution in [3.05, 3.63) is 17.5 Å². The monoisotopic (exact) mass is 209 g/mol. The Morgan fingerprint density at radius 2 is 2.36 bits per heavy atom. The lowest BCUT2D eigenvalue weighted by Crippen LogP contribution is -1.96. The van der Waals surface area contributed by atoms with Gasteiger partial charge in [-0.2, -0.15) is 0 Å². The van der Waals surface area contributed by atoms with Crippen molar-refractivity contribution >= 4 is 27.1 Å². The number of nitrogens with two attached hydrogens (primary N) is 1. The van der Waals surface area contributed by atoms with Crippen LogP contribution < -0.4 is 10.5 Å². The fourth-order valence-electron chi connectivity index (χ4n) is 1.39. The van der Waals surface area contributed by atoms with Crippen LogP contribution in [0.4, 0.5) is 5.69 Å². The van der Waals surface area contributed by atoms with Crippen LogP contribution in [0.1, 0.15) is 6.92 Å². The van der Waals surface area contributed by atoms with Crippen molar-refractivity contribution in [1.29, 1.82) is 0 Å². The molecule has 0 aliphatic carbocycles. The van der Waals surface area contributed by atoms with E-state index in [1.54, 1.807) is 6.07 Å². The Morgan fingerprint density at radius 1 is 1.57 bits per heavy atom. The van der Waals surface area contributed by atoms with Crippen molar-refractivity contribution in [3.63, 3.8) is 0 Å². The van der Waals surface area contributed by atoms with E-state index in [4.69, 9.17) is 10.5 Å². The zero-order valence-electron chi connectivity index (χ0n) is 7.78. The Morgan fingerprint density at radius 3 is 3.07 bits per heavy atom. The van der Waals surface area contributed by atoms with E-state index in [0.717, 1.165) is 10.1 Å². The highest BCUT2D eigenvalue weighted by molar-refractivity contribution is 7.18. The number of benzene rings is 1. The summed E-state index contributed by atoms with van der Waals surface area (Å²) < 4.78 is 6.20. The summed E-state index contributed by atoms with van der Waals surface area (Å²) in [4.78, 5) is 0. The summed E-state index contributed by atoms with van der Waals surface area (Å²) in [6.45, 7) is 2.43. The molecule has 1 heterocycles. The van der Waals surface area contributed by atoms with Crippen molar-refractivity contribution in [2.45, 2.75) is 6.92 Å². The molecule has 2 aromatic rings. The van der Waals surface area contributed by atoms with Gasteiger partial charge >= 0.3 is 0 Å². The van der Waals surface area contributed by atoms with Crippen molar-refractivity contribution in [1.82, 2.24) is 0 Å². The summed E-state index contributed by atoms with van der Waals surface area (Å²) >= 11 is 1.50. The third-order valence-electron chi connectivity index (χ3n) is 2.02. The summed E-state index contributed by atoms with van der Waals surface area (Å²) in [7, 11) is 0. The molecule has 0 aliphatic rings. The van der Waals surface area contributed by atoms with Gasteiger partial charge in [-0.25, -0.2) is 0 Å². The van der Waals surface area contributed by atoms with E-state index in [9.17, 15) is 5.11 Å². The predicted molar refractivity (Wildman–Crippen MR) is 59.1 cm³/mol. The van der Waals surface area contributed by atoms with Crippen LogP contribution in [0.3, 0.4) is 0 Å². The van der Waals surface area contributed by atoms with Gasteiger partial charge in [0.05, 0.1) is 17.0 Å². The van der Waals surface area contributed by atoms with Crippen molar-refractivity contribution in [2.75, 3.05) is 12.3 Å². The molecule has 1 aromatic heterocycles. The lowest BCUT2D eigenvalue weighted by molar-refractivity contribution is 0.340. The van der Waals surface area contributed by atoms with Gasteiger partial charge in [0, 0.05) is 11.5 Å². The van der Waals surface area contributed by atoms with Crippen molar-refractivity contribution in [2.24, 2.45) is 0 Å². The maximum Gasteiger partial charge on any atom is 0.147 e. The van der Waals surface area contributed by atoms with E-state index < -0.39 is 0 Å². The van der Waals surface area contributed by atoms with E-state index in [1.165, 1.54) is 11.3 Å². The molecule has 0 amide bonds. The summed E-state index contributed by atoms with van der Waals surface area (Å²) in [5.74, 6) is 0.777. The van der Waals surface area contributed by atoms with Crippen LogP contribution >= 0.6 is 11.3 Å². The molecule has 1 aromatic carbocycles. The van der Waals surface area contributed by atoms with Crippen LogP contribution in [-0.4, -0.2) is 11.7 Å². The SMILES string of the molecule is CCOc1cc(O)c2ccsc2c1N. The molecule has 0 saturated carbocycles. The van der Waals surface area contributed by atoms with Gasteiger partial charge in [-0.1, -0.05) is 0 Å². The lowest BCUT2D eigenvalue weighted by Gasteiger charge is -2.08. The van der Waals surface area contributed by atoms with E-state index in [2.05, 4.69) is 0 Å². The normalized spacial score (nSPS) is 10.6. The molecule has 0 saturated heterocycles. The first-order valence-corrected chi connectivity index (χ1v) is 5.23. The molecule has 0 fully saturated rings. The van der Waals surface area contributed by atoms with Gasteiger partial charge in [0.15, 0.2) is 0 Å². The Bertz CT molecular complexity index is 464. The molecule has 0 spiro atoms. The molecule has 0 aliphatic heterocycles. The second-order valence-corrected chi connectivity index (χ2v) is 3.82. The summed E-state index contributed by atoms with van der Waals surface area (Å²) in [5, 5.41) is 12.4. The average molecular weight is 209 g/mol. The third-order valence-corrected chi connectivity index (χ3v) is 2.97. The van der Waals surface area contributed by atoms with E-state index >= 15 is 0 Å². The number of phenols is 1. The average Bonchev–Trinajstić information content (AvgIpc) is 2.63. The van der Waals surface area contributed by atoms with Crippen LogP contribution in [0.2, 0.25) is 0 Å². The van der Waals surface area contributed by atoms with Gasteiger partial charge in [0.1, 0.15) is 11.5 Å². The Labute approximate surface area is 85.7 Å². The molecular formula is C10H11NO2S. The number of aromatic hydroxyl groups is 1. The molecule has 74 valence electrons. The van der Waals surface area contributed by atoms with E-state index in [0.29, 0.717) is 18.0 Å². The molecule has 0 unspecified atom stereocenters. The smallest absolute Gasteiger partial charge is 0.147 e. The quantitative estimate of drug-likeness (QED) is 0.590. The number of fused-ring (bicyclic) bond motifs is 1. The molecule has 0 atom stereocenters. The highest BCUT2D eigenvalue weighted by Crippen LogP contribution is 2.40. The number of hydrogen-bond acceptors (Lipinski definition) is 4. The molecule has 3 N–H and O–H groups in total. The van der Waals surface area contributed by atoms with Gasteiger partial charge in [-0.15, -0.1) is 11.3 Å². The fraction of sp³-hybridized carbons (Fsp3) is 0.200. The second-order valence-electron chi connectivity index (χ2n) is 2.90. The number of rotatable bonds is 2. The maximum absolute atomic E-state index is 9.66. The van der Waals surface area contributed by atoms with Gasteiger partial charge < -0.3 is 15.6 Å². The highest BCUT2D eigenvalue weighted by Gasteiger charge is 2.10. The minimum absolute atomic E-state index is 0.221. The van der Waals surface area contributed by atoms with Gasteiger partial charge in [0.2, 0.25) is 0 Å². The maximum atomic E-state index is 9.66.